The van der Waals surface area contributed by atoms with Crippen LogP contribution in [0.3, 0.4) is 0 Å². The molecule has 0 aliphatic carbocycles. The van der Waals surface area contributed by atoms with Crippen molar-refractivity contribution in [1.29, 1.82) is 5.26 Å². The molecule has 2 aromatic carbocycles. The van der Waals surface area contributed by atoms with Gasteiger partial charge in [0, 0.05) is 6.21 Å². The molecule has 2 nitrogen and oxygen atoms in total. The van der Waals surface area contributed by atoms with Crippen LogP contribution in [0.5, 0.6) is 0 Å². The molecule has 0 heterocycles. The van der Waals surface area contributed by atoms with E-state index in [4.69, 9.17) is 5.26 Å². The summed E-state index contributed by atoms with van der Waals surface area (Å²) < 4.78 is 0. The smallest absolute Gasteiger partial charge is 0.0991 e. The fourth-order valence-corrected chi connectivity index (χ4v) is 1.99. The first-order valence-electron chi connectivity index (χ1n) is 7.06. The minimum absolute atomic E-state index is 0.651. The summed E-state index contributed by atoms with van der Waals surface area (Å²) in [7, 11) is 0. The van der Waals surface area contributed by atoms with Crippen LogP contribution in [0.2, 0.25) is 0 Å². The Labute approximate surface area is 126 Å². The van der Waals surface area contributed by atoms with Crippen LogP contribution >= 0.6 is 0 Å². The number of benzene rings is 2. The number of allylic oxidation sites excluding steroid dienone is 1. The third-order valence-corrected chi connectivity index (χ3v) is 3.21. The third-order valence-electron chi connectivity index (χ3n) is 3.21. The van der Waals surface area contributed by atoms with Crippen LogP contribution in [-0.4, -0.2) is 6.21 Å². The zero-order valence-electron chi connectivity index (χ0n) is 12.0. The van der Waals surface area contributed by atoms with E-state index in [1.54, 1.807) is 12.1 Å². The van der Waals surface area contributed by atoms with Gasteiger partial charge in [0.25, 0.3) is 0 Å². The van der Waals surface area contributed by atoms with E-state index < -0.39 is 0 Å². The largest absolute Gasteiger partial charge is 0.256 e. The Morgan fingerprint density at radius 1 is 1.05 bits per heavy atom. The molecule has 21 heavy (non-hydrogen) atoms. The van der Waals surface area contributed by atoms with E-state index in [-0.39, 0.29) is 0 Å². The highest BCUT2D eigenvalue weighted by Crippen LogP contribution is 2.13. The Morgan fingerprint density at radius 3 is 2.38 bits per heavy atom. The van der Waals surface area contributed by atoms with Crippen molar-refractivity contribution in [3.05, 3.63) is 77.9 Å². The molecule has 0 N–H and O–H groups in total. The average molecular weight is 274 g/mol. The zero-order chi connectivity index (χ0) is 14.9. The van der Waals surface area contributed by atoms with Crippen LogP contribution in [0.1, 0.15) is 29.5 Å². The molecule has 0 bridgehead atoms. The minimum atomic E-state index is 0.651. The highest BCUT2D eigenvalue weighted by Gasteiger charge is 1.94. The molecule has 0 radical (unpaired) electrons. The number of hydrogen-bond donors (Lipinski definition) is 0. The first-order chi connectivity index (χ1) is 10.3. The average Bonchev–Trinajstić information content (AvgIpc) is 2.55. The lowest BCUT2D eigenvalue weighted by Gasteiger charge is -2.00. The molecule has 2 heteroatoms. The molecule has 0 aliphatic rings. The van der Waals surface area contributed by atoms with Crippen LogP contribution in [0.15, 0.2) is 66.2 Å². The molecular weight excluding hydrogens is 256 g/mol. The van der Waals surface area contributed by atoms with Crippen molar-refractivity contribution in [2.24, 2.45) is 4.99 Å². The van der Waals surface area contributed by atoms with Crippen molar-refractivity contribution in [1.82, 2.24) is 0 Å². The maximum atomic E-state index is 8.75. The lowest BCUT2D eigenvalue weighted by Crippen LogP contribution is -1.86. The molecule has 2 aromatic rings. The molecule has 0 spiro atoms. The van der Waals surface area contributed by atoms with Crippen LogP contribution in [-0.2, 0) is 6.42 Å². The van der Waals surface area contributed by atoms with Crippen molar-refractivity contribution in [3.8, 4) is 6.07 Å². The SMILES string of the molecule is C=CCCCc1ccc(C=Nc2ccc(C#N)cc2)cc1. The molecule has 0 fully saturated rings. The second-order valence-corrected chi connectivity index (χ2v) is 4.84. The second kappa shape index (κ2) is 7.81. The number of hydrogen-bond acceptors (Lipinski definition) is 2. The normalized spacial score (nSPS) is 10.4. The minimum Gasteiger partial charge on any atom is -0.256 e. The van der Waals surface area contributed by atoms with Gasteiger partial charge in [-0.1, -0.05) is 30.3 Å². The monoisotopic (exact) mass is 274 g/mol. The molecule has 0 unspecified atom stereocenters. The molecule has 0 aliphatic heterocycles. The summed E-state index contributed by atoms with van der Waals surface area (Å²) in [4.78, 5) is 4.41. The van der Waals surface area contributed by atoms with Gasteiger partial charge in [0.2, 0.25) is 0 Å². The van der Waals surface area contributed by atoms with E-state index in [0.29, 0.717) is 5.56 Å². The van der Waals surface area contributed by atoms with Crippen molar-refractivity contribution >= 4 is 11.9 Å². The molecule has 2 rings (SSSR count). The Kier molecular flexibility index (Phi) is 5.49. The summed E-state index contributed by atoms with van der Waals surface area (Å²) in [6, 6.07) is 17.8. The van der Waals surface area contributed by atoms with E-state index in [1.165, 1.54) is 5.56 Å². The summed E-state index contributed by atoms with van der Waals surface area (Å²) >= 11 is 0. The Balaban J connectivity index is 1.97. The van der Waals surface area contributed by atoms with Crippen LogP contribution in [0, 0.1) is 11.3 Å². The molecule has 0 aromatic heterocycles. The molecule has 0 atom stereocenters. The van der Waals surface area contributed by atoms with Gasteiger partial charge in [0.1, 0.15) is 0 Å². The molecule has 0 saturated heterocycles. The van der Waals surface area contributed by atoms with Crippen molar-refractivity contribution in [2.45, 2.75) is 19.3 Å². The molecular formula is C19H18N2. The topological polar surface area (TPSA) is 36.1 Å². The predicted molar refractivity (Wildman–Crippen MR) is 88.0 cm³/mol. The molecule has 104 valence electrons. The summed E-state index contributed by atoms with van der Waals surface area (Å²) in [5.41, 5.74) is 3.92. The van der Waals surface area contributed by atoms with Crippen molar-refractivity contribution < 1.29 is 0 Å². The van der Waals surface area contributed by atoms with Gasteiger partial charge in [0.15, 0.2) is 0 Å². The highest BCUT2D eigenvalue weighted by molar-refractivity contribution is 5.81. The van der Waals surface area contributed by atoms with Crippen LogP contribution in [0.25, 0.3) is 0 Å². The third kappa shape index (κ3) is 4.74. The van der Waals surface area contributed by atoms with Crippen molar-refractivity contribution in [3.63, 3.8) is 0 Å². The van der Waals surface area contributed by atoms with Crippen LogP contribution < -0.4 is 0 Å². The van der Waals surface area contributed by atoms with Gasteiger partial charge in [-0.05, 0) is 54.7 Å². The predicted octanol–water partition coefficient (Wildman–Crippen LogP) is 4.82. The number of nitrogens with zero attached hydrogens (tertiary/aromatic N) is 2. The van der Waals surface area contributed by atoms with Gasteiger partial charge >= 0.3 is 0 Å². The van der Waals surface area contributed by atoms with Gasteiger partial charge in [-0.15, -0.1) is 6.58 Å². The zero-order valence-corrected chi connectivity index (χ0v) is 12.0. The van der Waals surface area contributed by atoms with Gasteiger partial charge in [-0.2, -0.15) is 5.26 Å². The van der Waals surface area contributed by atoms with Gasteiger partial charge < -0.3 is 0 Å². The quantitative estimate of drug-likeness (QED) is 0.422. The van der Waals surface area contributed by atoms with E-state index >= 15 is 0 Å². The molecule has 0 saturated carbocycles. The summed E-state index contributed by atoms with van der Waals surface area (Å²) in [5, 5.41) is 8.75. The maximum Gasteiger partial charge on any atom is 0.0991 e. The number of aliphatic imine (C=N–C) groups is 1. The first kappa shape index (κ1) is 14.7. The summed E-state index contributed by atoms with van der Waals surface area (Å²) in [5.74, 6) is 0. The first-order valence-corrected chi connectivity index (χ1v) is 7.06. The van der Waals surface area contributed by atoms with Gasteiger partial charge in [-0.3, -0.25) is 4.99 Å². The highest BCUT2D eigenvalue weighted by atomic mass is 14.7. The molecule has 0 amide bonds. The van der Waals surface area contributed by atoms with E-state index in [2.05, 4.69) is 41.9 Å². The lowest BCUT2D eigenvalue weighted by atomic mass is 10.1. The number of aryl methyl sites for hydroxylation is 1. The maximum absolute atomic E-state index is 8.75. The lowest BCUT2D eigenvalue weighted by molar-refractivity contribution is 0.844. The fourth-order valence-electron chi connectivity index (χ4n) is 1.99. The number of nitriles is 1. The van der Waals surface area contributed by atoms with Gasteiger partial charge in [0.05, 0.1) is 17.3 Å². The summed E-state index contributed by atoms with van der Waals surface area (Å²) in [6.07, 6.45) is 7.08. The standard InChI is InChI=1S/C19H18N2/c1-2-3-4-5-16-6-8-18(9-7-16)15-21-19-12-10-17(14-20)11-13-19/h2,6-13,15H,1,3-5H2. The van der Waals surface area contributed by atoms with Crippen LogP contribution in [0.4, 0.5) is 5.69 Å². The Bertz CT molecular complexity index is 643. The number of rotatable bonds is 6. The fraction of sp³-hybridized carbons (Fsp3) is 0.158. The van der Waals surface area contributed by atoms with Crippen molar-refractivity contribution in [2.75, 3.05) is 0 Å². The Hall–Kier alpha value is -2.66. The van der Waals surface area contributed by atoms with Gasteiger partial charge in [-0.25, -0.2) is 0 Å². The summed E-state index contributed by atoms with van der Waals surface area (Å²) in [6.45, 7) is 3.73. The van der Waals surface area contributed by atoms with E-state index in [1.807, 2.05) is 24.4 Å². The van der Waals surface area contributed by atoms with E-state index in [9.17, 15) is 0 Å². The Morgan fingerprint density at radius 2 is 1.76 bits per heavy atom. The van der Waals surface area contributed by atoms with E-state index in [0.717, 1.165) is 30.5 Å². The number of unbranched alkanes of at least 4 members (excludes halogenated alkanes) is 1. The second-order valence-electron chi connectivity index (χ2n) is 4.84.